The number of aliphatic carboxylic acids is 1. The molecule has 1 aromatic heterocycles. The minimum absolute atomic E-state index is 0.172. The standard InChI is InChI=1S/C17H14Cl2N2O2.C9H6ClNO3.C8H10ClN.C2H4O2.CO2/c1-21-15-7-6-12(19)9-13(15)16(22)20-14(17(21)23)8-10-2-4-11(18)5-3-10;1-11-7-3-2-5(10)4-6(7)8(12)14-9(11)13;9-8-3-1-7(2-4-8)5-6-10;1-2(3)4;2-1-3/h2-7,9,14H,8H2,1H3,(H,20,22);2-4H,1H3;1-4H,5-6,10H2;1H3,(H,3,4);/t14-;;;;/m0..../s1. The maximum atomic E-state index is 12.7. The van der Waals surface area contributed by atoms with E-state index in [0.29, 0.717) is 50.2 Å². The van der Waals surface area contributed by atoms with Crippen molar-refractivity contribution in [2.45, 2.75) is 25.8 Å². The van der Waals surface area contributed by atoms with Gasteiger partial charge in [-0.25, -0.2) is 9.59 Å². The zero-order valence-electron chi connectivity index (χ0n) is 29.0. The third kappa shape index (κ3) is 13.9. The van der Waals surface area contributed by atoms with E-state index in [2.05, 4.69) is 9.73 Å². The largest absolute Gasteiger partial charge is 0.481 e. The molecule has 284 valence electrons. The Hall–Kier alpha value is -5.27. The molecule has 1 atom stereocenters. The van der Waals surface area contributed by atoms with Crippen LogP contribution < -0.4 is 27.3 Å². The van der Waals surface area contributed by atoms with Gasteiger partial charge in [0.15, 0.2) is 0 Å². The maximum Gasteiger partial charge on any atom is 0.422 e. The maximum absolute atomic E-state index is 12.7. The van der Waals surface area contributed by atoms with E-state index in [1.807, 2.05) is 36.4 Å². The van der Waals surface area contributed by atoms with Crippen LogP contribution in [-0.4, -0.2) is 53.2 Å². The third-order valence-corrected chi connectivity index (χ3v) is 8.17. The summed E-state index contributed by atoms with van der Waals surface area (Å²) in [5.74, 6) is -1.99. The smallest absolute Gasteiger partial charge is 0.422 e. The van der Waals surface area contributed by atoms with Gasteiger partial charge in [-0.2, -0.15) is 9.59 Å². The van der Waals surface area contributed by atoms with Gasteiger partial charge in [0, 0.05) is 47.5 Å². The van der Waals surface area contributed by atoms with Crippen molar-refractivity contribution in [3.8, 4) is 0 Å². The summed E-state index contributed by atoms with van der Waals surface area (Å²) in [7, 11) is 3.19. The Morgan fingerprint density at radius 2 is 1.30 bits per heavy atom. The first-order valence-corrected chi connectivity index (χ1v) is 17.1. The number of aromatic nitrogens is 1. The second-order valence-electron chi connectivity index (χ2n) is 11.1. The molecule has 0 radical (unpaired) electrons. The van der Waals surface area contributed by atoms with Crippen LogP contribution in [-0.2, 0) is 39.1 Å². The molecule has 6 rings (SSSR count). The SMILES string of the molecule is CC(=O)O.CN1C(=O)[C@H](Cc2ccc(Cl)cc2)NC(=O)c2cc(Cl)ccc21.Cn1c(=O)oc(=O)c2cc(Cl)ccc21.NCCc1ccc(Cl)cc1.O=C=O. The molecule has 4 N–H and O–H groups in total. The van der Waals surface area contributed by atoms with Crippen molar-refractivity contribution in [1.82, 2.24) is 9.88 Å². The molecular weight excluding hydrogens is 786 g/mol. The van der Waals surface area contributed by atoms with E-state index in [4.69, 9.17) is 71.6 Å². The Morgan fingerprint density at radius 3 is 1.83 bits per heavy atom. The van der Waals surface area contributed by atoms with Crippen molar-refractivity contribution in [3.05, 3.63) is 143 Å². The molecule has 13 nitrogen and oxygen atoms in total. The molecule has 0 unspecified atom stereocenters. The first-order chi connectivity index (χ1) is 25.5. The Bertz CT molecular complexity index is 2220. The van der Waals surface area contributed by atoms with Gasteiger partial charge in [-0.05, 0) is 84.8 Å². The van der Waals surface area contributed by atoms with E-state index >= 15 is 0 Å². The number of carbonyl (C=O) groups excluding carboxylic acids is 4. The van der Waals surface area contributed by atoms with Crippen LogP contribution in [0.3, 0.4) is 0 Å². The molecule has 0 saturated heterocycles. The molecule has 0 saturated carbocycles. The Balaban J connectivity index is 0.000000276. The van der Waals surface area contributed by atoms with Gasteiger partial charge in [0.05, 0.1) is 22.2 Å². The van der Waals surface area contributed by atoms with E-state index in [1.54, 1.807) is 49.5 Å². The predicted molar refractivity (Wildman–Crippen MR) is 207 cm³/mol. The highest BCUT2D eigenvalue weighted by Gasteiger charge is 2.32. The van der Waals surface area contributed by atoms with Gasteiger partial charge < -0.3 is 25.5 Å². The molecule has 1 aliphatic rings. The summed E-state index contributed by atoms with van der Waals surface area (Å²) >= 11 is 23.2. The number of carbonyl (C=O) groups is 3. The van der Waals surface area contributed by atoms with Crippen molar-refractivity contribution < 1.29 is 33.5 Å². The Kier molecular flexibility index (Phi) is 18.3. The number of carboxylic acids is 1. The number of hydrogen-bond acceptors (Lipinski definition) is 9. The lowest BCUT2D eigenvalue weighted by atomic mass is 10.1. The molecule has 0 aliphatic carbocycles. The van der Waals surface area contributed by atoms with E-state index in [-0.39, 0.29) is 18.0 Å². The average molecular weight is 821 g/mol. The van der Waals surface area contributed by atoms with Gasteiger partial charge >= 0.3 is 17.5 Å². The summed E-state index contributed by atoms with van der Waals surface area (Å²) < 4.78 is 5.73. The molecule has 17 heteroatoms. The summed E-state index contributed by atoms with van der Waals surface area (Å²) in [5, 5.41) is 12.8. The monoisotopic (exact) mass is 818 g/mol. The second-order valence-corrected chi connectivity index (χ2v) is 12.8. The molecule has 2 heterocycles. The molecule has 4 aromatic carbocycles. The fraction of sp³-hybridized carbons (Fsp3) is 0.189. The number of hydrogen-bond donors (Lipinski definition) is 3. The number of benzene rings is 4. The number of rotatable bonds is 4. The van der Waals surface area contributed by atoms with Crippen LogP contribution in [0.1, 0.15) is 28.4 Å². The lowest BCUT2D eigenvalue weighted by Crippen LogP contribution is -2.45. The predicted octanol–water partition coefficient (Wildman–Crippen LogP) is 5.80. The van der Waals surface area contributed by atoms with E-state index in [9.17, 15) is 19.2 Å². The molecule has 0 spiro atoms. The molecule has 0 fully saturated rings. The highest BCUT2D eigenvalue weighted by Crippen LogP contribution is 2.27. The van der Waals surface area contributed by atoms with Crippen molar-refractivity contribution in [2.24, 2.45) is 12.8 Å². The van der Waals surface area contributed by atoms with Crippen molar-refractivity contribution in [2.75, 3.05) is 18.5 Å². The topological polar surface area (TPSA) is 199 Å². The zero-order valence-corrected chi connectivity index (χ0v) is 32.0. The fourth-order valence-corrected chi connectivity index (χ4v) is 5.31. The number of nitrogens with two attached hydrogens (primary N) is 1. The first kappa shape index (κ1) is 44.9. The minimum Gasteiger partial charge on any atom is -0.481 e. The number of anilines is 1. The number of halogens is 4. The summed E-state index contributed by atoms with van der Waals surface area (Å²) in [6, 6.07) is 23.9. The van der Waals surface area contributed by atoms with Gasteiger partial charge in [-0.3, -0.25) is 19.0 Å². The molecule has 54 heavy (non-hydrogen) atoms. The number of aryl methyl sites for hydroxylation is 1. The normalized spacial score (nSPS) is 12.7. The average Bonchev–Trinajstić information content (AvgIpc) is 3.20. The van der Waals surface area contributed by atoms with Crippen LogP contribution in [0.15, 0.2) is 98.9 Å². The number of fused-ring (bicyclic) bond motifs is 2. The van der Waals surface area contributed by atoms with Crippen LogP contribution in [0, 0.1) is 0 Å². The van der Waals surface area contributed by atoms with Crippen molar-refractivity contribution >= 4 is 86.9 Å². The molecule has 0 bridgehead atoms. The Labute approximate surface area is 328 Å². The third-order valence-electron chi connectivity index (χ3n) is 7.19. The van der Waals surface area contributed by atoms with E-state index in [0.717, 1.165) is 23.9 Å². The number of nitrogens with zero attached hydrogens (tertiary/aromatic N) is 2. The zero-order chi connectivity index (χ0) is 40.5. The lowest BCUT2D eigenvalue weighted by Gasteiger charge is -2.21. The number of carboxylic acid groups (broad SMARTS) is 1. The first-order valence-electron chi connectivity index (χ1n) is 15.6. The molecule has 2 amide bonds. The molecular formula is C37H34Cl4N4O9. The summed E-state index contributed by atoms with van der Waals surface area (Å²) in [6.07, 6.45) is 1.57. The van der Waals surface area contributed by atoms with Gasteiger partial charge in [0.2, 0.25) is 5.91 Å². The highest BCUT2D eigenvalue weighted by atomic mass is 35.5. The van der Waals surface area contributed by atoms with Crippen molar-refractivity contribution in [3.63, 3.8) is 0 Å². The van der Waals surface area contributed by atoms with Crippen LogP contribution in [0.5, 0.6) is 0 Å². The van der Waals surface area contributed by atoms with Crippen LogP contribution in [0.2, 0.25) is 20.1 Å². The van der Waals surface area contributed by atoms with Gasteiger partial charge in [-0.1, -0.05) is 70.7 Å². The highest BCUT2D eigenvalue weighted by molar-refractivity contribution is 6.32. The number of likely N-dealkylation sites (N-methyl/N-ethyl adjacent to an activating group) is 1. The lowest BCUT2D eigenvalue weighted by molar-refractivity contribution is -0.191. The summed E-state index contributed by atoms with van der Waals surface area (Å²) in [4.78, 5) is 74.2. The van der Waals surface area contributed by atoms with Crippen LogP contribution >= 0.6 is 46.4 Å². The minimum atomic E-state index is -0.833. The molecule has 5 aromatic rings. The van der Waals surface area contributed by atoms with Crippen LogP contribution in [0.4, 0.5) is 5.69 Å². The number of nitrogens with one attached hydrogen (secondary N) is 1. The second kappa shape index (κ2) is 22.1. The summed E-state index contributed by atoms with van der Waals surface area (Å²) in [6.45, 7) is 1.78. The van der Waals surface area contributed by atoms with Gasteiger partial charge in [-0.15, -0.1) is 0 Å². The van der Waals surface area contributed by atoms with Crippen LogP contribution in [0.25, 0.3) is 10.9 Å². The fourth-order valence-electron chi connectivity index (χ4n) is 4.71. The van der Waals surface area contributed by atoms with Crippen molar-refractivity contribution in [1.29, 1.82) is 0 Å². The quantitative estimate of drug-likeness (QED) is 0.199. The Morgan fingerprint density at radius 1 is 0.815 bits per heavy atom. The number of amides is 2. The summed E-state index contributed by atoms with van der Waals surface area (Å²) in [5.41, 5.74) is 8.32. The van der Waals surface area contributed by atoms with E-state index in [1.165, 1.54) is 28.1 Å². The van der Waals surface area contributed by atoms with E-state index < -0.39 is 23.4 Å². The van der Waals surface area contributed by atoms with Gasteiger partial charge in [0.1, 0.15) is 6.04 Å². The van der Waals surface area contributed by atoms with Gasteiger partial charge in [0.25, 0.3) is 11.9 Å². The molecule has 1 aliphatic heterocycles.